The molecule has 0 fully saturated rings. The molecule has 0 saturated heterocycles. The van der Waals surface area contributed by atoms with Gasteiger partial charge in [0, 0.05) is 18.9 Å². The summed E-state index contributed by atoms with van der Waals surface area (Å²) in [5.41, 5.74) is -0.598. The Hall–Kier alpha value is -1.36. The Morgan fingerprint density at radius 1 is 1.58 bits per heavy atom. The second-order valence-electron chi connectivity index (χ2n) is 5.02. The van der Waals surface area contributed by atoms with Crippen molar-refractivity contribution in [2.24, 2.45) is 0 Å². The summed E-state index contributed by atoms with van der Waals surface area (Å²) in [6.45, 7) is 7.66. The minimum absolute atomic E-state index is 0.191. The maximum absolute atomic E-state index is 11.9. The second-order valence-corrected chi connectivity index (χ2v) is 5.02. The monoisotopic (exact) mass is 267 g/mol. The van der Waals surface area contributed by atoms with E-state index in [1.807, 2.05) is 20.0 Å². The van der Waals surface area contributed by atoms with Crippen molar-refractivity contribution in [2.45, 2.75) is 52.1 Å². The molecule has 0 aliphatic carbocycles. The molecule has 0 aliphatic rings. The Morgan fingerprint density at radius 2 is 2.32 bits per heavy atom. The van der Waals surface area contributed by atoms with Crippen LogP contribution >= 0.6 is 0 Å². The third-order valence-electron chi connectivity index (χ3n) is 3.40. The van der Waals surface area contributed by atoms with Gasteiger partial charge in [0.2, 0.25) is 0 Å². The molecule has 1 aromatic rings. The number of ether oxygens (including phenoxy) is 1. The van der Waals surface area contributed by atoms with Crippen molar-refractivity contribution >= 4 is 5.97 Å². The highest BCUT2D eigenvalue weighted by molar-refractivity contribution is 5.80. The third kappa shape index (κ3) is 4.35. The fourth-order valence-electron chi connectivity index (χ4n) is 2.13. The summed E-state index contributed by atoms with van der Waals surface area (Å²) in [7, 11) is 1.44. The SMILES string of the molecule is CCCNC(C)(CCCn1ccnc1C)C(=O)OC. The van der Waals surface area contributed by atoms with Gasteiger partial charge in [-0.15, -0.1) is 0 Å². The lowest BCUT2D eigenvalue weighted by atomic mass is 9.95. The molecule has 1 aromatic heterocycles. The van der Waals surface area contributed by atoms with E-state index in [0.717, 1.165) is 38.2 Å². The van der Waals surface area contributed by atoms with Crippen LogP contribution in [0, 0.1) is 6.92 Å². The van der Waals surface area contributed by atoms with Crippen molar-refractivity contribution < 1.29 is 9.53 Å². The first kappa shape index (κ1) is 15.7. The molecular formula is C14H25N3O2. The number of aryl methyl sites for hydroxylation is 2. The molecule has 0 saturated carbocycles. The van der Waals surface area contributed by atoms with E-state index in [-0.39, 0.29) is 5.97 Å². The maximum Gasteiger partial charge on any atom is 0.325 e. The predicted molar refractivity (Wildman–Crippen MR) is 74.9 cm³/mol. The van der Waals surface area contributed by atoms with Gasteiger partial charge >= 0.3 is 5.97 Å². The lowest BCUT2D eigenvalue weighted by Gasteiger charge is -2.28. The standard InChI is InChI=1S/C14H25N3O2/c1-5-8-16-14(3,13(18)19-4)7-6-10-17-11-9-15-12(17)2/h9,11,16H,5-8,10H2,1-4H3. The van der Waals surface area contributed by atoms with E-state index < -0.39 is 5.54 Å². The van der Waals surface area contributed by atoms with Crippen molar-refractivity contribution in [3.63, 3.8) is 0 Å². The van der Waals surface area contributed by atoms with Crippen molar-refractivity contribution in [2.75, 3.05) is 13.7 Å². The van der Waals surface area contributed by atoms with Crippen LogP contribution in [0.5, 0.6) is 0 Å². The van der Waals surface area contributed by atoms with Gasteiger partial charge in [0.1, 0.15) is 11.4 Å². The number of methoxy groups -OCH3 is 1. The Balaban J connectivity index is 2.53. The zero-order valence-corrected chi connectivity index (χ0v) is 12.4. The minimum atomic E-state index is -0.598. The van der Waals surface area contributed by atoms with E-state index in [2.05, 4.69) is 21.8 Å². The predicted octanol–water partition coefficient (Wildman–Crippen LogP) is 1.90. The van der Waals surface area contributed by atoms with Crippen molar-refractivity contribution in [3.8, 4) is 0 Å². The van der Waals surface area contributed by atoms with Crippen LogP contribution in [0.3, 0.4) is 0 Å². The molecule has 1 N–H and O–H groups in total. The molecule has 19 heavy (non-hydrogen) atoms. The highest BCUT2D eigenvalue weighted by Gasteiger charge is 2.32. The quantitative estimate of drug-likeness (QED) is 0.731. The lowest BCUT2D eigenvalue weighted by molar-refractivity contribution is -0.148. The van der Waals surface area contributed by atoms with Crippen LogP contribution in [0.15, 0.2) is 12.4 Å². The first-order valence-corrected chi connectivity index (χ1v) is 6.84. The van der Waals surface area contributed by atoms with E-state index >= 15 is 0 Å². The molecule has 0 aromatic carbocycles. The number of nitrogens with zero attached hydrogens (tertiary/aromatic N) is 2. The summed E-state index contributed by atoms with van der Waals surface area (Å²) in [5, 5.41) is 3.29. The average molecular weight is 267 g/mol. The molecule has 0 spiro atoms. The highest BCUT2D eigenvalue weighted by atomic mass is 16.5. The molecule has 5 heteroatoms. The van der Waals surface area contributed by atoms with Crippen LogP contribution < -0.4 is 5.32 Å². The van der Waals surface area contributed by atoms with Gasteiger partial charge in [0.15, 0.2) is 0 Å². The molecule has 1 heterocycles. The Morgan fingerprint density at radius 3 is 2.84 bits per heavy atom. The summed E-state index contributed by atoms with van der Waals surface area (Å²) in [4.78, 5) is 16.1. The van der Waals surface area contributed by atoms with Gasteiger partial charge in [-0.05, 0) is 39.7 Å². The van der Waals surface area contributed by atoms with Gasteiger partial charge in [-0.25, -0.2) is 4.98 Å². The summed E-state index contributed by atoms with van der Waals surface area (Å²) >= 11 is 0. The van der Waals surface area contributed by atoms with Crippen LogP contribution in [0.25, 0.3) is 0 Å². The minimum Gasteiger partial charge on any atom is -0.468 e. The van der Waals surface area contributed by atoms with Crippen LogP contribution in [0.2, 0.25) is 0 Å². The Labute approximate surface area is 115 Å². The van der Waals surface area contributed by atoms with Gasteiger partial charge in [-0.3, -0.25) is 4.79 Å². The first-order chi connectivity index (χ1) is 9.03. The van der Waals surface area contributed by atoms with Crippen molar-refractivity contribution in [1.82, 2.24) is 14.9 Å². The zero-order chi connectivity index (χ0) is 14.3. The first-order valence-electron chi connectivity index (χ1n) is 6.84. The molecule has 0 amide bonds. The third-order valence-corrected chi connectivity index (χ3v) is 3.40. The maximum atomic E-state index is 11.9. The number of esters is 1. The topological polar surface area (TPSA) is 56.2 Å². The van der Waals surface area contributed by atoms with Crippen LogP contribution in [-0.4, -0.2) is 34.7 Å². The smallest absolute Gasteiger partial charge is 0.325 e. The number of imidazole rings is 1. The van der Waals surface area contributed by atoms with Crippen molar-refractivity contribution in [3.05, 3.63) is 18.2 Å². The number of hydrogen-bond acceptors (Lipinski definition) is 4. The normalized spacial score (nSPS) is 14.1. The summed E-state index contributed by atoms with van der Waals surface area (Å²) in [5.74, 6) is 0.810. The zero-order valence-electron chi connectivity index (χ0n) is 12.4. The molecule has 108 valence electrons. The van der Waals surface area contributed by atoms with Crippen LogP contribution in [0.1, 0.15) is 38.9 Å². The molecule has 0 radical (unpaired) electrons. The lowest BCUT2D eigenvalue weighted by Crippen LogP contribution is -2.50. The molecule has 0 aliphatic heterocycles. The summed E-state index contributed by atoms with van der Waals surface area (Å²) in [6.07, 6.45) is 6.40. The number of carbonyl (C=O) groups excluding carboxylic acids is 1. The Bertz CT molecular complexity index is 403. The van der Waals surface area contributed by atoms with Crippen LogP contribution in [-0.2, 0) is 16.1 Å². The van der Waals surface area contributed by atoms with Gasteiger partial charge in [-0.2, -0.15) is 0 Å². The molecule has 1 atom stereocenters. The molecule has 1 rings (SSSR count). The molecular weight excluding hydrogens is 242 g/mol. The van der Waals surface area contributed by atoms with Crippen LogP contribution in [0.4, 0.5) is 0 Å². The van der Waals surface area contributed by atoms with E-state index in [0.29, 0.717) is 0 Å². The van der Waals surface area contributed by atoms with Gasteiger partial charge < -0.3 is 14.6 Å². The fourth-order valence-corrected chi connectivity index (χ4v) is 2.13. The average Bonchev–Trinajstić information content (AvgIpc) is 2.81. The van der Waals surface area contributed by atoms with Gasteiger partial charge in [0.25, 0.3) is 0 Å². The van der Waals surface area contributed by atoms with Gasteiger partial charge in [-0.1, -0.05) is 6.92 Å². The van der Waals surface area contributed by atoms with E-state index in [1.54, 1.807) is 6.20 Å². The fraction of sp³-hybridized carbons (Fsp3) is 0.714. The second kappa shape index (κ2) is 7.28. The highest BCUT2D eigenvalue weighted by Crippen LogP contribution is 2.15. The van der Waals surface area contributed by atoms with E-state index in [9.17, 15) is 4.79 Å². The summed E-state index contributed by atoms with van der Waals surface area (Å²) in [6, 6.07) is 0. The number of aromatic nitrogens is 2. The number of hydrogen-bond donors (Lipinski definition) is 1. The van der Waals surface area contributed by atoms with E-state index in [4.69, 9.17) is 4.74 Å². The number of carbonyl (C=O) groups is 1. The number of nitrogens with one attached hydrogen (secondary N) is 1. The van der Waals surface area contributed by atoms with Crippen molar-refractivity contribution in [1.29, 1.82) is 0 Å². The molecule has 1 unspecified atom stereocenters. The van der Waals surface area contributed by atoms with E-state index in [1.165, 1.54) is 7.11 Å². The Kier molecular flexibility index (Phi) is 6.02. The summed E-state index contributed by atoms with van der Waals surface area (Å²) < 4.78 is 7.00. The molecule has 5 nitrogen and oxygen atoms in total. The number of rotatable bonds is 8. The van der Waals surface area contributed by atoms with Gasteiger partial charge in [0.05, 0.1) is 7.11 Å². The molecule has 0 bridgehead atoms. The largest absolute Gasteiger partial charge is 0.468 e.